The molecule has 1 unspecified atom stereocenters. The highest BCUT2D eigenvalue weighted by Crippen LogP contribution is 2.35. The van der Waals surface area contributed by atoms with E-state index in [1.54, 1.807) is 0 Å². The van der Waals surface area contributed by atoms with E-state index in [2.05, 4.69) is 62.4 Å². The molecule has 0 radical (unpaired) electrons. The molecule has 2 aromatic rings. The van der Waals surface area contributed by atoms with Crippen LogP contribution in [-0.2, 0) is 5.54 Å². The third kappa shape index (κ3) is 2.19. The first-order valence-electron chi connectivity index (χ1n) is 6.59. The summed E-state index contributed by atoms with van der Waals surface area (Å²) in [6, 6.07) is 20.8. The van der Waals surface area contributed by atoms with Gasteiger partial charge in [0.2, 0.25) is 0 Å². The number of hydrogen-bond donors (Lipinski definition) is 1. The summed E-state index contributed by atoms with van der Waals surface area (Å²) in [5.41, 5.74) is 8.76. The lowest BCUT2D eigenvalue weighted by atomic mass is 9.73. The third-order valence-corrected chi connectivity index (χ3v) is 3.89. The molecule has 0 heterocycles. The van der Waals surface area contributed by atoms with Crippen LogP contribution in [0.25, 0.3) is 0 Å². The summed E-state index contributed by atoms with van der Waals surface area (Å²) in [4.78, 5) is 0. The van der Waals surface area contributed by atoms with Crippen LogP contribution in [0.4, 0.5) is 0 Å². The van der Waals surface area contributed by atoms with Gasteiger partial charge >= 0.3 is 0 Å². The van der Waals surface area contributed by atoms with Crippen molar-refractivity contribution in [3.05, 3.63) is 71.8 Å². The Morgan fingerprint density at radius 1 is 0.889 bits per heavy atom. The van der Waals surface area contributed by atoms with Gasteiger partial charge in [-0.25, -0.2) is 0 Å². The van der Waals surface area contributed by atoms with Crippen LogP contribution in [-0.4, -0.2) is 0 Å². The van der Waals surface area contributed by atoms with Gasteiger partial charge in [-0.15, -0.1) is 0 Å². The standard InChI is InChI=1S/C17H21N/c1-3-14(2)17(18,15-10-6-4-7-11-15)16-12-8-5-9-13-16/h4-14H,3,18H2,1-2H3. The summed E-state index contributed by atoms with van der Waals surface area (Å²) in [5, 5.41) is 0. The smallest absolute Gasteiger partial charge is 0.0691 e. The Balaban J connectivity index is 2.55. The molecule has 0 fully saturated rings. The van der Waals surface area contributed by atoms with Gasteiger partial charge in [0.15, 0.2) is 0 Å². The predicted molar refractivity (Wildman–Crippen MR) is 77.3 cm³/mol. The van der Waals surface area contributed by atoms with Crippen molar-refractivity contribution < 1.29 is 0 Å². The Hall–Kier alpha value is -1.60. The zero-order chi connectivity index (χ0) is 13.0. The van der Waals surface area contributed by atoms with Gasteiger partial charge in [-0.3, -0.25) is 0 Å². The minimum Gasteiger partial charge on any atom is -0.317 e. The second kappa shape index (κ2) is 5.36. The molecule has 0 saturated heterocycles. The van der Waals surface area contributed by atoms with Crippen molar-refractivity contribution in [1.82, 2.24) is 0 Å². The predicted octanol–water partition coefficient (Wildman–Crippen LogP) is 3.94. The molecule has 1 heteroatoms. The van der Waals surface area contributed by atoms with E-state index in [9.17, 15) is 0 Å². The van der Waals surface area contributed by atoms with Crippen LogP contribution in [0.1, 0.15) is 31.4 Å². The van der Waals surface area contributed by atoms with Crippen molar-refractivity contribution in [2.24, 2.45) is 11.7 Å². The largest absolute Gasteiger partial charge is 0.317 e. The quantitative estimate of drug-likeness (QED) is 0.859. The minimum atomic E-state index is -0.405. The summed E-state index contributed by atoms with van der Waals surface area (Å²) in [6.45, 7) is 4.41. The zero-order valence-corrected chi connectivity index (χ0v) is 11.1. The summed E-state index contributed by atoms with van der Waals surface area (Å²) in [6.07, 6.45) is 1.06. The summed E-state index contributed by atoms with van der Waals surface area (Å²) >= 11 is 0. The van der Waals surface area contributed by atoms with Crippen molar-refractivity contribution >= 4 is 0 Å². The second-order valence-corrected chi connectivity index (χ2v) is 4.91. The Morgan fingerprint density at radius 2 is 1.28 bits per heavy atom. The minimum absolute atomic E-state index is 0.391. The fourth-order valence-corrected chi connectivity index (χ4v) is 2.49. The van der Waals surface area contributed by atoms with Crippen LogP contribution in [0.15, 0.2) is 60.7 Å². The van der Waals surface area contributed by atoms with Crippen LogP contribution >= 0.6 is 0 Å². The topological polar surface area (TPSA) is 26.0 Å². The van der Waals surface area contributed by atoms with Gasteiger partial charge in [-0.2, -0.15) is 0 Å². The highest BCUT2D eigenvalue weighted by Gasteiger charge is 2.34. The lowest BCUT2D eigenvalue weighted by Crippen LogP contribution is -2.44. The first-order chi connectivity index (χ1) is 8.69. The van der Waals surface area contributed by atoms with Crippen molar-refractivity contribution in [1.29, 1.82) is 0 Å². The molecule has 1 nitrogen and oxygen atoms in total. The Labute approximate surface area is 110 Å². The van der Waals surface area contributed by atoms with Gasteiger partial charge in [0.05, 0.1) is 5.54 Å². The maximum Gasteiger partial charge on any atom is 0.0691 e. The molecule has 2 aromatic carbocycles. The van der Waals surface area contributed by atoms with Gasteiger partial charge in [0.1, 0.15) is 0 Å². The monoisotopic (exact) mass is 239 g/mol. The SMILES string of the molecule is CCC(C)C(N)(c1ccccc1)c1ccccc1. The van der Waals surface area contributed by atoms with Crippen LogP contribution in [0.2, 0.25) is 0 Å². The first-order valence-corrected chi connectivity index (χ1v) is 6.59. The van der Waals surface area contributed by atoms with Crippen molar-refractivity contribution in [3.63, 3.8) is 0 Å². The molecule has 94 valence electrons. The van der Waals surface area contributed by atoms with E-state index in [1.807, 2.05) is 12.1 Å². The highest BCUT2D eigenvalue weighted by atomic mass is 14.8. The molecular formula is C17H21N. The van der Waals surface area contributed by atoms with Crippen molar-refractivity contribution in [2.75, 3.05) is 0 Å². The van der Waals surface area contributed by atoms with E-state index in [1.165, 1.54) is 11.1 Å². The average molecular weight is 239 g/mol. The molecule has 1 atom stereocenters. The van der Waals surface area contributed by atoms with Crippen LogP contribution in [0, 0.1) is 5.92 Å². The Kier molecular flexibility index (Phi) is 3.83. The summed E-state index contributed by atoms with van der Waals surface area (Å²) < 4.78 is 0. The highest BCUT2D eigenvalue weighted by molar-refractivity contribution is 5.38. The molecule has 0 bridgehead atoms. The van der Waals surface area contributed by atoms with Crippen LogP contribution < -0.4 is 5.73 Å². The number of benzene rings is 2. The average Bonchev–Trinajstić information content (AvgIpc) is 2.47. The first kappa shape index (κ1) is 12.8. The van der Waals surface area contributed by atoms with E-state index in [0.717, 1.165) is 6.42 Å². The van der Waals surface area contributed by atoms with Gasteiger partial charge < -0.3 is 5.73 Å². The maximum absolute atomic E-state index is 6.79. The molecule has 0 amide bonds. The van der Waals surface area contributed by atoms with E-state index < -0.39 is 5.54 Å². The Morgan fingerprint density at radius 3 is 1.61 bits per heavy atom. The second-order valence-electron chi connectivity index (χ2n) is 4.91. The molecule has 0 aromatic heterocycles. The van der Waals surface area contributed by atoms with Gasteiger partial charge in [0, 0.05) is 0 Å². The molecule has 0 saturated carbocycles. The molecule has 2 rings (SSSR count). The van der Waals surface area contributed by atoms with Crippen LogP contribution in [0.5, 0.6) is 0 Å². The molecule has 0 aliphatic carbocycles. The number of rotatable bonds is 4. The molecule has 18 heavy (non-hydrogen) atoms. The normalized spacial score (nSPS) is 13.3. The Bertz CT molecular complexity index is 436. The van der Waals surface area contributed by atoms with E-state index in [0.29, 0.717) is 5.92 Å². The summed E-state index contributed by atoms with van der Waals surface area (Å²) in [7, 11) is 0. The lowest BCUT2D eigenvalue weighted by Gasteiger charge is -2.36. The maximum atomic E-state index is 6.79. The van der Waals surface area contributed by atoms with Crippen molar-refractivity contribution in [2.45, 2.75) is 25.8 Å². The van der Waals surface area contributed by atoms with Gasteiger partial charge in [-0.05, 0) is 17.0 Å². The lowest BCUT2D eigenvalue weighted by molar-refractivity contribution is 0.345. The zero-order valence-electron chi connectivity index (χ0n) is 11.1. The molecule has 2 N–H and O–H groups in total. The molecule has 0 spiro atoms. The van der Waals surface area contributed by atoms with Gasteiger partial charge in [0.25, 0.3) is 0 Å². The number of nitrogens with two attached hydrogens (primary N) is 1. The summed E-state index contributed by atoms with van der Waals surface area (Å²) in [5.74, 6) is 0.391. The van der Waals surface area contributed by atoms with Gasteiger partial charge in [-0.1, -0.05) is 80.9 Å². The fraction of sp³-hybridized carbons (Fsp3) is 0.294. The van der Waals surface area contributed by atoms with E-state index in [-0.39, 0.29) is 0 Å². The van der Waals surface area contributed by atoms with E-state index in [4.69, 9.17) is 5.73 Å². The van der Waals surface area contributed by atoms with Crippen LogP contribution in [0.3, 0.4) is 0 Å². The molecule has 0 aliphatic rings. The molecular weight excluding hydrogens is 218 g/mol. The van der Waals surface area contributed by atoms with Crippen molar-refractivity contribution in [3.8, 4) is 0 Å². The third-order valence-electron chi connectivity index (χ3n) is 3.89. The number of hydrogen-bond acceptors (Lipinski definition) is 1. The fourth-order valence-electron chi connectivity index (χ4n) is 2.49. The van der Waals surface area contributed by atoms with E-state index >= 15 is 0 Å². The molecule has 0 aliphatic heterocycles.